The molecule has 0 atom stereocenters. The molecular weight excluding hydrogens is 374 g/mol. The molecule has 0 spiro atoms. The van der Waals surface area contributed by atoms with Crippen molar-refractivity contribution < 1.29 is 14.3 Å². The average molecular weight is 391 g/mol. The largest absolute Gasteiger partial charge is 0.493 e. The van der Waals surface area contributed by atoms with Crippen LogP contribution in [0.4, 0.5) is 5.13 Å². The van der Waals surface area contributed by atoms with E-state index < -0.39 is 5.91 Å². The minimum atomic E-state index is -0.513. The van der Waals surface area contributed by atoms with E-state index >= 15 is 0 Å². The van der Waals surface area contributed by atoms with Crippen LogP contribution in [-0.4, -0.2) is 18.0 Å². The van der Waals surface area contributed by atoms with Crippen molar-refractivity contribution in [1.29, 1.82) is 5.26 Å². The standard InChI is InChI=1S/C21H17N3O3S/c1-26-19-12-16(7-8-18(19)27-14-15-5-3-2-4-6-15)11-17(13-22)20(25)24-21-23-9-10-28-21/h2-12H,14H2,1H3,(H,23,24,25). The molecule has 0 radical (unpaired) electrons. The van der Waals surface area contributed by atoms with E-state index in [0.717, 1.165) is 5.56 Å². The highest BCUT2D eigenvalue weighted by Gasteiger charge is 2.12. The summed E-state index contributed by atoms with van der Waals surface area (Å²) in [5.41, 5.74) is 1.66. The maximum absolute atomic E-state index is 12.2. The molecule has 6 nitrogen and oxygen atoms in total. The zero-order valence-electron chi connectivity index (χ0n) is 15.1. The fourth-order valence-corrected chi connectivity index (χ4v) is 2.92. The van der Waals surface area contributed by atoms with Crippen LogP contribution in [0, 0.1) is 11.3 Å². The maximum Gasteiger partial charge on any atom is 0.268 e. The van der Waals surface area contributed by atoms with Gasteiger partial charge in [-0.1, -0.05) is 36.4 Å². The van der Waals surface area contributed by atoms with Gasteiger partial charge in [0.2, 0.25) is 0 Å². The summed E-state index contributed by atoms with van der Waals surface area (Å²) in [4.78, 5) is 16.2. The Morgan fingerprint density at radius 3 is 2.75 bits per heavy atom. The highest BCUT2D eigenvalue weighted by Crippen LogP contribution is 2.29. The third-order valence-corrected chi connectivity index (χ3v) is 4.44. The molecule has 0 saturated heterocycles. The number of nitriles is 1. The van der Waals surface area contributed by atoms with Gasteiger partial charge in [0.1, 0.15) is 18.2 Å². The van der Waals surface area contributed by atoms with Crippen LogP contribution in [0.5, 0.6) is 11.5 Å². The summed E-state index contributed by atoms with van der Waals surface area (Å²) in [6.07, 6.45) is 3.07. The van der Waals surface area contributed by atoms with Crippen LogP contribution in [0.2, 0.25) is 0 Å². The Bertz CT molecular complexity index is 1010. The molecule has 0 saturated carbocycles. The van der Waals surface area contributed by atoms with Gasteiger partial charge in [0.15, 0.2) is 16.6 Å². The molecule has 3 aromatic rings. The van der Waals surface area contributed by atoms with Crippen LogP contribution < -0.4 is 14.8 Å². The Morgan fingerprint density at radius 1 is 1.25 bits per heavy atom. The van der Waals surface area contributed by atoms with Crippen molar-refractivity contribution >= 4 is 28.5 Å². The summed E-state index contributed by atoms with van der Waals surface area (Å²) >= 11 is 1.28. The minimum absolute atomic E-state index is 0.0322. The molecule has 140 valence electrons. The Morgan fingerprint density at radius 2 is 2.07 bits per heavy atom. The van der Waals surface area contributed by atoms with Gasteiger partial charge in [-0.25, -0.2) is 4.98 Å². The predicted octanol–water partition coefficient (Wildman–Crippen LogP) is 4.28. The number of ether oxygens (including phenoxy) is 2. The van der Waals surface area contributed by atoms with Crippen LogP contribution in [-0.2, 0) is 11.4 Å². The number of aromatic nitrogens is 1. The summed E-state index contributed by atoms with van der Waals surface area (Å²) < 4.78 is 11.2. The number of benzene rings is 2. The number of hydrogen-bond acceptors (Lipinski definition) is 6. The second-order valence-electron chi connectivity index (χ2n) is 5.65. The molecule has 28 heavy (non-hydrogen) atoms. The van der Waals surface area contributed by atoms with Crippen molar-refractivity contribution in [2.45, 2.75) is 6.61 Å². The van der Waals surface area contributed by atoms with Gasteiger partial charge in [0.05, 0.1) is 7.11 Å². The number of methoxy groups -OCH3 is 1. The molecule has 0 fully saturated rings. The molecule has 0 aliphatic rings. The van der Waals surface area contributed by atoms with Gasteiger partial charge in [0.25, 0.3) is 5.91 Å². The number of amides is 1. The molecule has 1 amide bonds. The molecule has 1 N–H and O–H groups in total. The minimum Gasteiger partial charge on any atom is -0.493 e. The maximum atomic E-state index is 12.2. The fourth-order valence-electron chi connectivity index (χ4n) is 2.39. The number of anilines is 1. The van der Waals surface area contributed by atoms with E-state index in [2.05, 4.69) is 10.3 Å². The molecule has 7 heteroatoms. The number of hydrogen-bond donors (Lipinski definition) is 1. The van der Waals surface area contributed by atoms with Crippen LogP contribution in [0.25, 0.3) is 6.08 Å². The van der Waals surface area contributed by atoms with Gasteiger partial charge in [-0.3, -0.25) is 10.1 Å². The monoisotopic (exact) mass is 391 g/mol. The zero-order valence-corrected chi connectivity index (χ0v) is 15.9. The first-order valence-electron chi connectivity index (χ1n) is 8.37. The predicted molar refractivity (Wildman–Crippen MR) is 108 cm³/mol. The number of carbonyl (C=O) groups excluding carboxylic acids is 1. The van der Waals surface area contributed by atoms with Crippen LogP contribution in [0.15, 0.2) is 65.7 Å². The van der Waals surface area contributed by atoms with E-state index in [0.29, 0.717) is 28.8 Å². The zero-order chi connectivity index (χ0) is 19.8. The summed E-state index contributed by atoms with van der Waals surface area (Å²) in [5.74, 6) is 0.581. The summed E-state index contributed by atoms with van der Waals surface area (Å²) in [6, 6.07) is 16.9. The summed E-state index contributed by atoms with van der Waals surface area (Å²) in [5, 5.41) is 14.1. The van der Waals surface area contributed by atoms with E-state index in [1.807, 2.05) is 36.4 Å². The second kappa shape index (κ2) is 9.35. The van der Waals surface area contributed by atoms with Gasteiger partial charge < -0.3 is 9.47 Å². The van der Waals surface area contributed by atoms with Crippen LogP contribution >= 0.6 is 11.3 Å². The van der Waals surface area contributed by atoms with Gasteiger partial charge in [-0.05, 0) is 29.3 Å². The Labute approximate surface area is 166 Å². The quantitative estimate of drug-likeness (QED) is 0.480. The lowest BCUT2D eigenvalue weighted by Crippen LogP contribution is -2.13. The van der Waals surface area contributed by atoms with Crippen molar-refractivity contribution in [3.05, 3.63) is 76.8 Å². The smallest absolute Gasteiger partial charge is 0.268 e. The number of carbonyl (C=O) groups is 1. The lowest BCUT2D eigenvalue weighted by atomic mass is 10.1. The Hall–Kier alpha value is -3.63. The molecule has 0 bridgehead atoms. The van der Waals surface area contributed by atoms with E-state index in [9.17, 15) is 10.1 Å². The molecule has 1 heterocycles. The third-order valence-electron chi connectivity index (χ3n) is 3.75. The molecule has 0 unspecified atom stereocenters. The van der Waals surface area contributed by atoms with Crippen molar-refractivity contribution in [3.8, 4) is 17.6 Å². The topological polar surface area (TPSA) is 84.2 Å². The number of thiazole rings is 1. The van der Waals surface area contributed by atoms with Crippen molar-refractivity contribution in [2.24, 2.45) is 0 Å². The van der Waals surface area contributed by atoms with Gasteiger partial charge in [-0.15, -0.1) is 11.3 Å². The lowest BCUT2D eigenvalue weighted by Gasteiger charge is -2.11. The first kappa shape index (κ1) is 19.1. The summed E-state index contributed by atoms with van der Waals surface area (Å²) in [7, 11) is 1.54. The number of nitrogens with one attached hydrogen (secondary N) is 1. The number of rotatable bonds is 7. The van der Waals surface area contributed by atoms with Crippen molar-refractivity contribution in [2.75, 3.05) is 12.4 Å². The Balaban J connectivity index is 1.75. The number of nitrogens with zero attached hydrogens (tertiary/aromatic N) is 2. The lowest BCUT2D eigenvalue weighted by molar-refractivity contribution is -0.112. The normalized spacial score (nSPS) is 10.8. The first-order chi connectivity index (χ1) is 13.7. The van der Waals surface area contributed by atoms with Crippen LogP contribution in [0.1, 0.15) is 11.1 Å². The highest BCUT2D eigenvalue weighted by molar-refractivity contribution is 7.13. The Kier molecular flexibility index (Phi) is 6.39. The van der Waals surface area contributed by atoms with Gasteiger partial charge in [0, 0.05) is 11.6 Å². The third kappa shape index (κ3) is 4.96. The van der Waals surface area contributed by atoms with Gasteiger partial charge >= 0.3 is 0 Å². The average Bonchev–Trinajstić information content (AvgIpc) is 3.24. The highest BCUT2D eigenvalue weighted by atomic mass is 32.1. The van der Waals surface area contributed by atoms with E-state index in [4.69, 9.17) is 9.47 Å². The summed E-state index contributed by atoms with van der Waals surface area (Å²) in [6.45, 7) is 0.409. The molecule has 0 aliphatic heterocycles. The van der Waals surface area contributed by atoms with E-state index in [-0.39, 0.29) is 5.57 Å². The fraction of sp³-hybridized carbons (Fsp3) is 0.0952. The SMILES string of the molecule is COc1cc(C=C(C#N)C(=O)Nc2nccs2)ccc1OCc1ccccc1. The molecular formula is C21H17N3O3S. The van der Waals surface area contributed by atoms with E-state index in [1.54, 1.807) is 36.9 Å². The van der Waals surface area contributed by atoms with Crippen LogP contribution in [0.3, 0.4) is 0 Å². The van der Waals surface area contributed by atoms with Crippen molar-refractivity contribution in [3.63, 3.8) is 0 Å². The molecule has 0 aliphatic carbocycles. The van der Waals surface area contributed by atoms with E-state index in [1.165, 1.54) is 17.4 Å². The molecule has 3 rings (SSSR count). The first-order valence-corrected chi connectivity index (χ1v) is 9.25. The molecule has 2 aromatic carbocycles. The second-order valence-corrected chi connectivity index (χ2v) is 6.54. The van der Waals surface area contributed by atoms with Gasteiger partial charge in [-0.2, -0.15) is 5.26 Å². The van der Waals surface area contributed by atoms with Crippen molar-refractivity contribution in [1.82, 2.24) is 4.98 Å². The molecule has 1 aromatic heterocycles.